The number of phenols is 2. The smallest absolute Gasteiger partial charge is 0.323 e. The molecule has 0 saturated carbocycles. The van der Waals surface area contributed by atoms with Crippen LogP contribution in [0.3, 0.4) is 0 Å². The second-order valence-electron chi connectivity index (χ2n) is 3.46. The van der Waals surface area contributed by atoms with Crippen LogP contribution in [0.25, 0.3) is 0 Å². The summed E-state index contributed by atoms with van der Waals surface area (Å²) < 4.78 is 0. The Morgan fingerprint density at radius 2 is 1.94 bits per heavy atom. The lowest BCUT2D eigenvalue weighted by atomic mass is 10.1. The fourth-order valence-electron chi connectivity index (χ4n) is 1.31. The van der Waals surface area contributed by atoms with Crippen LogP contribution in [0.2, 0.25) is 0 Å². The summed E-state index contributed by atoms with van der Waals surface area (Å²) in [5, 5.41) is 27.0. The van der Waals surface area contributed by atoms with Crippen molar-refractivity contribution in [1.82, 2.24) is 4.90 Å². The number of hydrogen-bond donors (Lipinski definition) is 3. The van der Waals surface area contributed by atoms with Gasteiger partial charge in [-0.15, -0.1) is 6.42 Å². The third-order valence-corrected chi connectivity index (χ3v) is 2.12. The van der Waals surface area contributed by atoms with Crippen LogP contribution in [0.1, 0.15) is 10.4 Å². The Morgan fingerprint density at radius 3 is 2.44 bits per heavy atom. The van der Waals surface area contributed by atoms with E-state index in [1.807, 2.05) is 0 Å². The summed E-state index contributed by atoms with van der Waals surface area (Å²) in [6, 6.07) is 3.45. The van der Waals surface area contributed by atoms with Gasteiger partial charge in [-0.1, -0.05) is 5.92 Å². The predicted octanol–water partition coefficient (Wildman–Crippen LogP) is 0.258. The first-order valence-electron chi connectivity index (χ1n) is 4.92. The van der Waals surface area contributed by atoms with Crippen molar-refractivity contribution in [3.05, 3.63) is 23.8 Å². The molecular weight excluding hydrogens is 238 g/mol. The van der Waals surface area contributed by atoms with E-state index in [0.29, 0.717) is 0 Å². The summed E-state index contributed by atoms with van der Waals surface area (Å²) in [7, 11) is 0. The maximum Gasteiger partial charge on any atom is 0.323 e. The van der Waals surface area contributed by atoms with Crippen molar-refractivity contribution >= 4 is 11.9 Å². The Labute approximate surface area is 103 Å². The van der Waals surface area contributed by atoms with E-state index in [2.05, 4.69) is 5.92 Å². The van der Waals surface area contributed by atoms with E-state index in [0.717, 1.165) is 17.0 Å². The number of carbonyl (C=O) groups excluding carboxylic acids is 1. The number of carboxylic acids is 1. The Bertz CT molecular complexity index is 518. The largest absolute Gasteiger partial charge is 0.504 e. The molecule has 1 aromatic rings. The number of hydrogen-bond acceptors (Lipinski definition) is 4. The normalized spacial score (nSPS) is 9.50. The minimum absolute atomic E-state index is 0.0433. The van der Waals surface area contributed by atoms with Crippen LogP contribution < -0.4 is 0 Å². The molecule has 1 aromatic carbocycles. The first kappa shape index (κ1) is 13.4. The molecule has 3 N–H and O–H groups in total. The highest BCUT2D eigenvalue weighted by molar-refractivity contribution is 5.96. The summed E-state index contributed by atoms with van der Waals surface area (Å²) in [6.07, 6.45) is 5.05. The van der Waals surface area contributed by atoms with E-state index in [4.69, 9.17) is 16.6 Å². The number of aliphatic carboxylic acids is 1. The van der Waals surface area contributed by atoms with Gasteiger partial charge in [0.25, 0.3) is 5.91 Å². The van der Waals surface area contributed by atoms with Crippen molar-refractivity contribution in [2.45, 2.75) is 0 Å². The third kappa shape index (κ3) is 3.15. The van der Waals surface area contributed by atoms with Gasteiger partial charge in [-0.3, -0.25) is 9.59 Å². The predicted molar refractivity (Wildman–Crippen MR) is 62.1 cm³/mol. The number of rotatable bonds is 4. The van der Waals surface area contributed by atoms with Crippen molar-refractivity contribution < 1.29 is 24.9 Å². The van der Waals surface area contributed by atoms with Crippen LogP contribution in [0.5, 0.6) is 11.5 Å². The fraction of sp³-hybridized carbons (Fsp3) is 0.167. The molecular formula is C12H11NO5. The van der Waals surface area contributed by atoms with Crippen LogP contribution in [0.4, 0.5) is 0 Å². The molecule has 94 valence electrons. The van der Waals surface area contributed by atoms with Gasteiger partial charge in [0.1, 0.15) is 6.54 Å². The molecule has 0 fully saturated rings. The van der Waals surface area contributed by atoms with Gasteiger partial charge in [0.15, 0.2) is 11.5 Å². The lowest BCUT2D eigenvalue weighted by molar-refractivity contribution is -0.137. The van der Waals surface area contributed by atoms with E-state index in [1.165, 1.54) is 6.07 Å². The number of amides is 1. The average molecular weight is 249 g/mol. The molecule has 0 heterocycles. The lowest BCUT2D eigenvalue weighted by Gasteiger charge is -2.18. The number of nitrogens with zero attached hydrogens (tertiary/aromatic N) is 1. The molecule has 18 heavy (non-hydrogen) atoms. The van der Waals surface area contributed by atoms with Crippen LogP contribution in [-0.2, 0) is 4.79 Å². The summed E-state index contributed by atoms with van der Waals surface area (Å²) in [5.41, 5.74) is 0.0433. The topological polar surface area (TPSA) is 98.1 Å². The van der Waals surface area contributed by atoms with E-state index < -0.39 is 24.2 Å². The number of terminal acetylenes is 1. The number of carbonyl (C=O) groups is 2. The van der Waals surface area contributed by atoms with Crippen LogP contribution >= 0.6 is 0 Å². The Kier molecular flexibility index (Phi) is 4.16. The Hall–Kier alpha value is -2.68. The molecule has 0 saturated heterocycles. The first-order valence-corrected chi connectivity index (χ1v) is 4.92. The highest BCUT2D eigenvalue weighted by Crippen LogP contribution is 2.25. The number of aromatic hydroxyl groups is 2. The third-order valence-electron chi connectivity index (χ3n) is 2.12. The number of phenolic OH excluding ortho intramolecular Hbond substituents is 2. The zero-order chi connectivity index (χ0) is 13.7. The quantitative estimate of drug-likeness (QED) is 0.525. The molecule has 6 heteroatoms. The fourth-order valence-corrected chi connectivity index (χ4v) is 1.31. The molecule has 0 atom stereocenters. The second kappa shape index (κ2) is 5.59. The molecule has 0 aromatic heterocycles. The zero-order valence-corrected chi connectivity index (χ0v) is 9.33. The van der Waals surface area contributed by atoms with Crippen LogP contribution in [-0.4, -0.2) is 45.2 Å². The maximum atomic E-state index is 11.9. The number of carboxylic acid groups (broad SMARTS) is 1. The van der Waals surface area contributed by atoms with Crippen molar-refractivity contribution in [2.24, 2.45) is 0 Å². The molecule has 0 aliphatic rings. The first-order chi connectivity index (χ1) is 8.45. The van der Waals surface area contributed by atoms with Gasteiger partial charge in [-0.2, -0.15) is 0 Å². The molecule has 0 unspecified atom stereocenters. The lowest BCUT2D eigenvalue weighted by Crippen LogP contribution is -2.35. The van der Waals surface area contributed by atoms with Gasteiger partial charge in [0.2, 0.25) is 0 Å². The van der Waals surface area contributed by atoms with E-state index in [9.17, 15) is 14.7 Å². The van der Waals surface area contributed by atoms with Crippen LogP contribution in [0, 0.1) is 12.3 Å². The average Bonchev–Trinajstić information content (AvgIpc) is 2.31. The van der Waals surface area contributed by atoms with E-state index in [1.54, 1.807) is 0 Å². The van der Waals surface area contributed by atoms with Gasteiger partial charge in [-0.25, -0.2) is 0 Å². The SMILES string of the molecule is C#CCN(CC(=O)O)C(=O)c1ccc(O)c(O)c1. The Balaban J connectivity index is 2.98. The molecule has 1 rings (SSSR count). The molecule has 1 amide bonds. The highest BCUT2D eigenvalue weighted by Gasteiger charge is 2.18. The molecule has 0 aliphatic carbocycles. The summed E-state index contributed by atoms with van der Waals surface area (Å²) >= 11 is 0. The number of benzene rings is 1. The van der Waals surface area contributed by atoms with Crippen molar-refractivity contribution in [1.29, 1.82) is 0 Å². The maximum absolute atomic E-state index is 11.9. The minimum atomic E-state index is -1.19. The van der Waals surface area contributed by atoms with Crippen molar-refractivity contribution in [3.63, 3.8) is 0 Å². The molecule has 6 nitrogen and oxygen atoms in total. The monoisotopic (exact) mass is 249 g/mol. The summed E-state index contributed by atoms with van der Waals surface area (Å²) in [5.74, 6) is -0.476. The second-order valence-corrected chi connectivity index (χ2v) is 3.46. The standard InChI is InChI=1S/C12H11NO5/c1-2-5-13(7-11(16)17)12(18)8-3-4-9(14)10(15)6-8/h1,3-4,6,14-15H,5,7H2,(H,16,17). The van der Waals surface area contributed by atoms with Crippen molar-refractivity contribution in [3.8, 4) is 23.8 Å². The molecule has 0 aliphatic heterocycles. The highest BCUT2D eigenvalue weighted by atomic mass is 16.4. The zero-order valence-electron chi connectivity index (χ0n) is 9.33. The van der Waals surface area contributed by atoms with Gasteiger partial charge < -0.3 is 20.2 Å². The van der Waals surface area contributed by atoms with E-state index in [-0.39, 0.29) is 17.9 Å². The van der Waals surface area contributed by atoms with Crippen molar-refractivity contribution in [2.75, 3.05) is 13.1 Å². The van der Waals surface area contributed by atoms with Gasteiger partial charge in [-0.05, 0) is 18.2 Å². The van der Waals surface area contributed by atoms with Gasteiger partial charge in [0, 0.05) is 5.56 Å². The van der Waals surface area contributed by atoms with Gasteiger partial charge in [0.05, 0.1) is 6.54 Å². The van der Waals surface area contributed by atoms with E-state index >= 15 is 0 Å². The molecule has 0 bridgehead atoms. The van der Waals surface area contributed by atoms with Crippen LogP contribution in [0.15, 0.2) is 18.2 Å². The summed E-state index contributed by atoms with van der Waals surface area (Å²) in [6.45, 7) is -0.697. The summed E-state index contributed by atoms with van der Waals surface area (Å²) in [4.78, 5) is 23.4. The Morgan fingerprint density at radius 1 is 1.28 bits per heavy atom. The molecule has 0 radical (unpaired) electrons. The minimum Gasteiger partial charge on any atom is -0.504 e. The van der Waals surface area contributed by atoms with Gasteiger partial charge >= 0.3 is 5.97 Å². The molecule has 0 spiro atoms.